The second kappa shape index (κ2) is 15.5. The first kappa shape index (κ1) is 34.1. The van der Waals surface area contributed by atoms with Crippen molar-refractivity contribution in [2.75, 3.05) is 17.5 Å². The van der Waals surface area contributed by atoms with Gasteiger partial charge in [-0.05, 0) is 92.6 Å². The molecule has 8 nitrogen and oxygen atoms in total. The zero-order chi connectivity index (χ0) is 33.3. The van der Waals surface area contributed by atoms with Gasteiger partial charge in [-0.3, -0.25) is 13.9 Å². The summed E-state index contributed by atoms with van der Waals surface area (Å²) in [6.07, 6.45) is 0.139. The zero-order valence-corrected chi connectivity index (χ0v) is 26.7. The molecule has 0 aliphatic carbocycles. The van der Waals surface area contributed by atoms with Crippen molar-refractivity contribution < 1.29 is 31.5 Å². The highest BCUT2D eigenvalue weighted by Crippen LogP contribution is 2.27. The van der Waals surface area contributed by atoms with Crippen molar-refractivity contribution >= 4 is 27.5 Å². The van der Waals surface area contributed by atoms with E-state index in [0.29, 0.717) is 17.9 Å². The quantitative estimate of drug-likeness (QED) is 0.189. The van der Waals surface area contributed by atoms with Gasteiger partial charge in [-0.2, -0.15) is 0 Å². The van der Waals surface area contributed by atoms with Gasteiger partial charge in [0.15, 0.2) is 0 Å². The van der Waals surface area contributed by atoms with Crippen LogP contribution in [0.25, 0.3) is 0 Å². The molecule has 0 unspecified atom stereocenters. The number of nitrogens with one attached hydrogen (secondary N) is 1. The Morgan fingerprint density at radius 2 is 1.39 bits per heavy atom. The van der Waals surface area contributed by atoms with E-state index in [9.17, 15) is 26.8 Å². The number of benzene rings is 4. The molecule has 0 radical (unpaired) electrons. The summed E-state index contributed by atoms with van der Waals surface area (Å²) in [6.45, 7) is 5.02. The minimum atomic E-state index is -4.40. The number of carbonyl (C=O) groups is 2. The molecule has 4 aromatic carbocycles. The average molecular weight is 650 g/mol. The van der Waals surface area contributed by atoms with Crippen LogP contribution in [0.1, 0.15) is 31.9 Å². The number of hydrogen-bond donors (Lipinski definition) is 1. The molecule has 0 aromatic heterocycles. The van der Waals surface area contributed by atoms with Gasteiger partial charge >= 0.3 is 0 Å². The summed E-state index contributed by atoms with van der Waals surface area (Å²) in [5.41, 5.74) is 1.49. The third kappa shape index (κ3) is 8.91. The van der Waals surface area contributed by atoms with E-state index in [1.54, 1.807) is 26.0 Å². The van der Waals surface area contributed by atoms with Crippen molar-refractivity contribution in [3.63, 3.8) is 0 Å². The van der Waals surface area contributed by atoms with Gasteiger partial charge in [-0.1, -0.05) is 42.5 Å². The highest BCUT2D eigenvalue weighted by molar-refractivity contribution is 7.92. The van der Waals surface area contributed by atoms with E-state index < -0.39 is 46.1 Å². The van der Waals surface area contributed by atoms with E-state index in [2.05, 4.69) is 5.32 Å². The van der Waals surface area contributed by atoms with Crippen LogP contribution in [0.3, 0.4) is 0 Å². The largest absolute Gasteiger partial charge is 0.494 e. The zero-order valence-electron chi connectivity index (χ0n) is 25.9. The third-order valence-electron chi connectivity index (χ3n) is 7.08. The number of nitrogens with zero attached hydrogens (tertiary/aromatic N) is 2. The van der Waals surface area contributed by atoms with Crippen LogP contribution in [0.15, 0.2) is 108 Å². The summed E-state index contributed by atoms with van der Waals surface area (Å²) >= 11 is 0. The van der Waals surface area contributed by atoms with Gasteiger partial charge in [-0.15, -0.1) is 0 Å². The molecule has 242 valence electrons. The molecule has 11 heteroatoms. The molecule has 4 aromatic rings. The molecule has 1 N–H and O–H groups in total. The lowest BCUT2D eigenvalue weighted by Crippen LogP contribution is -2.54. The van der Waals surface area contributed by atoms with Gasteiger partial charge < -0.3 is 15.0 Å². The van der Waals surface area contributed by atoms with E-state index in [1.807, 2.05) is 37.3 Å². The van der Waals surface area contributed by atoms with Crippen molar-refractivity contribution in [1.82, 2.24) is 10.2 Å². The third-order valence-corrected chi connectivity index (χ3v) is 8.87. The minimum Gasteiger partial charge on any atom is -0.494 e. The summed E-state index contributed by atoms with van der Waals surface area (Å²) in [5.74, 6) is -1.69. The molecule has 0 aliphatic heterocycles. The summed E-state index contributed by atoms with van der Waals surface area (Å²) in [5, 5.41) is 2.88. The van der Waals surface area contributed by atoms with Gasteiger partial charge in [0.2, 0.25) is 11.8 Å². The monoisotopic (exact) mass is 649 g/mol. The van der Waals surface area contributed by atoms with Crippen LogP contribution in [0.2, 0.25) is 0 Å². The van der Waals surface area contributed by atoms with Crippen LogP contribution < -0.4 is 14.4 Å². The van der Waals surface area contributed by atoms with E-state index in [-0.39, 0.29) is 29.6 Å². The smallest absolute Gasteiger partial charge is 0.264 e. The van der Waals surface area contributed by atoms with Crippen molar-refractivity contribution in [1.29, 1.82) is 0 Å². The first-order valence-electron chi connectivity index (χ1n) is 14.9. The topological polar surface area (TPSA) is 96.0 Å². The van der Waals surface area contributed by atoms with Crippen molar-refractivity contribution in [2.45, 2.75) is 50.7 Å². The van der Waals surface area contributed by atoms with Gasteiger partial charge in [0.05, 0.1) is 17.2 Å². The molecular formula is C35H37F2N3O5S. The van der Waals surface area contributed by atoms with E-state index >= 15 is 0 Å². The Balaban J connectivity index is 1.80. The fourth-order valence-corrected chi connectivity index (χ4v) is 6.27. The SMILES string of the molecule is CCOc1ccc(N(CC(=O)N(Cc2ccc(F)cc2)[C@H](Cc2ccccc2)C(=O)NC(C)C)S(=O)(=O)c2ccc(F)cc2)cc1. The van der Waals surface area contributed by atoms with Crippen LogP contribution >= 0.6 is 0 Å². The predicted molar refractivity (Wildman–Crippen MR) is 173 cm³/mol. The summed E-state index contributed by atoms with van der Waals surface area (Å²) in [4.78, 5) is 29.2. The fraction of sp³-hybridized carbons (Fsp3) is 0.257. The normalized spacial score (nSPS) is 12.0. The molecule has 0 fully saturated rings. The highest BCUT2D eigenvalue weighted by Gasteiger charge is 2.35. The fourth-order valence-electron chi connectivity index (χ4n) is 4.86. The first-order chi connectivity index (χ1) is 22.0. The molecule has 4 rings (SSSR count). The van der Waals surface area contributed by atoms with Crippen LogP contribution in [0.4, 0.5) is 14.5 Å². The Hall–Kier alpha value is -4.77. The Morgan fingerprint density at radius 1 is 0.804 bits per heavy atom. The maximum absolute atomic E-state index is 14.4. The second-order valence-electron chi connectivity index (χ2n) is 10.9. The minimum absolute atomic E-state index is 0.101. The van der Waals surface area contributed by atoms with Gasteiger partial charge in [0.25, 0.3) is 10.0 Å². The number of anilines is 1. The number of halogens is 2. The predicted octanol–water partition coefficient (Wildman–Crippen LogP) is 5.72. The lowest BCUT2D eigenvalue weighted by Gasteiger charge is -2.34. The van der Waals surface area contributed by atoms with Crippen molar-refractivity contribution in [3.05, 3.63) is 126 Å². The van der Waals surface area contributed by atoms with Crippen LogP contribution in [0, 0.1) is 11.6 Å². The summed E-state index contributed by atoms with van der Waals surface area (Å²) in [6, 6.07) is 23.9. The number of ether oxygens (including phenoxy) is 1. The standard InChI is InChI=1S/C35H37F2N3O5S/c1-4-45-31-18-16-30(17-19-31)40(46(43,44)32-20-14-29(37)15-21-32)24-34(41)39(23-27-10-12-28(36)13-11-27)33(35(42)38-25(2)3)22-26-8-6-5-7-9-26/h5-21,25,33H,4,22-24H2,1-3H3,(H,38,42)/t33-/m1/s1. The van der Waals surface area contributed by atoms with Crippen molar-refractivity contribution in [3.8, 4) is 5.75 Å². The van der Waals surface area contributed by atoms with Crippen LogP contribution in [-0.2, 0) is 32.6 Å². The Morgan fingerprint density at radius 3 is 1.96 bits per heavy atom. The molecule has 0 heterocycles. The lowest BCUT2D eigenvalue weighted by atomic mass is 10.0. The molecule has 0 aliphatic rings. The first-order valence-corrected chi connectivity index (χ1v) is 16.3. The molecular weight excluding hydrogens is 612 g/mol. The number of sulfonamides is 1. The van der Waals surface area contributed by atoms with Crippen LogP contribution in [-0.4, -0.2) is 50.4 Å². The maximum Gasteiger partial charge on any atom is 0.264 e. The Kier molecular flexibility index (Phi) is 11.5. The highest BCUT2D eigenvalue weighted by atomic mass is 32.2. The Labute approximate surface area is 268 Å². The summed E-state index contributed by atoms with van der Waals surface area (Å²) < 4.78 is 62.1. The number of hydrogen-bond acceptors (Lipinski definition) is 5. The van der Waals surface area contributed by atoms with E-state index in [4.69, 9.17) is 4.74 Å². The molecule has 2 amide bonds. The summed E-state index contributed by atoms with van der Waals surface area (Å²) in [7, 11) is -4.40. The molecule has 46 heavy (non-hydrogen) atoms. The van der Waals surface area contributed by atoms with E-state index in [0.717, 1.165) is 34.1 Å². The average Bonchev–Trinajstić information content (AvgIpc) is 3.03. The number of carbonyl (C=O) groups excluding carboxylic acids is 2. The van der Waals surface area contributed by atoms with Crippen molar-refractivity contribution in [2.24, 2.45) is 0 Å². The molecule has 1 atom stereocenters. The lowest BCUT2D eigenvalue weighted by molar-refractivity contribution is -0.140. The van der Waals surface area contributed by atoms with Gasteiger partial charge in [0.1, 0.15) is 30.0 Å². The molecule has 0 bridgehead atoms. The van der Waals surface area contributed by atoms with Crippen LogP contribution in [0.5, 0.6) is 5.75 Å². The maximum atomic E-state index is 14.4. The second-order valence-corrected chi connectivity index (χ2v) is 12.8. The van der Waals surface area contributed by atoms with Gasteiger partial charge in [0, 0.05) is 19.0 Å². The van der Waals surface area contributed by atoms with Gasteiger partial charge in [-0.25, -0.2) is 17.2 Å². The number of amides is 2. The molecule has 0 saturated heterocycles. The number of rotatable bonds is 14. The van der Waals surface area contributed by atoms with E-state index in [1.165, 1.54) is 41.3 Å². The Bertz CT molecular complexity index is 1700. The molecule has 0 saturated carbocycles. The molecule has 0 spiro atoms.